The van der Waals surface area contributed by atoms with Crippen LogP contribution in [0.15, 0.2) is 42.4 Å². The van der Waals surface area contributed by atoms with Crippen molar-refractivity contribution >= 4 is 45.5 Å². The molecule has 0 saturated heterocycles. The molecule has 1 N–H and O–H groups in total. The minimum absolute atomic E-state index is 0.139. The van der Waals surface area contributed by atoms with Gasteiger partial charge in [-0.25, -0.2) is 14.6 Å². The van der Waals surface area contributed by atoms with Crippen molar-refractivity contribution in [2.24, 2.45) is 0 Å². The number of rotatable bonds is 3. The van der Waals surface area contributed by atoms with E-state index in [-0.39, 0.29) is 5.91 Å². The molecule has 0 spiro atoms. The molecule has 8 heteroatoms. The average molecular weight is 397 g/mol. The Balaban J connectivity index is 1.74. The Hall–Kier alpha value is -1.81. The highest BCUT2D eigenvalue weighted by Gasteiger charge is 2.08. The van der Waals surface area contributed by atoms with E-state index in [2.05, 4.69) is 43.0 Å². The third kappa shape index (κ3) is 2.85. The minimum atomic E-state index is -0.139. The van der Waals surface area contributed by atoms with Gasteiger partial charge in [0, 0.05) is 5.38 Å². The van der Waals surface area contributed by atoms with E-state index in [1.807, 2.05) is 11.4 Å². The number of halogens is 1. The van der Waals surface area contributed by atoms with Crippen molar-refractivity contribution in [2.75, 3.05) is 5.32 Å². The molecule has 0 fully saturated rings. The van der Waals surface area contributed by atoms with E-state index < -0.39 is 0 Å². The average Bonchev–Trinajstić information content (AvgIpc) is 3.10. The van der Waals surface area contributed by atoms with Gasteiger partial charge in [-0.1, -0.05) is 0 Å². The molecular weight excluding hydrogens is 389 g/mol. The number of anilines is 1. The molecule has 3 heterocycles. The summed E-state index contributed by atoms with van der Waals surface area (Å²) < 4.78 is 2.62. The number of nitrogens with zero attached hydrogens (tertiary/aromatic N) is 4. The molecule has 3 rings (SSSR count). The van der Waals surface area contributed by atoms with Crippen LogP contribution in [0.2, 0.25) is 0 Å². The normalized spacial score (nSPS) is 10.4. The predicted octanol–water partition coefficient (Wildman–Crippen LogP) is 2.58. The van der Waals surface area contributed by atoms with Crippen LogP contribution >= 0.6 is 33.9 Å². The molecule has 3 aromatic heterocycles. The van der Waals surface area contributed by atoms with Gasteiger partial charge in [0.2, 0.25) is 0 Å². The van der Waals surface area contributed by atoms with Crippen LogP contribution in [0.3, 0.4) is 0 Å². The molecule has 0 aliphatic rings. The van der Waals surface area contributed by atoms with Crippen molar-refractivity contribution in [3.63, 3.8) is 0 Å². The Bertz CT molecular complexity index is 723. The zero-order valence-electron chi connectivity index (χ0n) is 10.0. The first-order chi connectivity index (χ1) is 9.72. The monoisotopic (exact) mass is 397 g/mol. The lowest BCUT2D eigenvalue weighted by molar-refractivity contribution is 0.102. The molecule has 0 saturated carbocycles. The topological polar surface area (TPSA) is 72.7 Å². The van der Waals surface area contributed by atoms with Gasteiger partial charge in [-0.05, 0) is 40.8 Å². The molecule has 100 valence electrons. The summed E-state index contributed by atoms with van der Waals surface area (Å²) in [7, 11) is 0. The van der Waals surface area contributed by atoms with Crippen molar-refractivity contribution in [3.8, 4) is 5.82 Å². The smallest absolute Gasteiger partial charge is 0.256 e. The molecule has 0 atom stereocenters. The van der Waals surface area contributed by atoms with E-state index in [0.717, 1.165) is 2.88 Å². The number of hydrogen-bond acceptors (Lipinski definition) is 5. The van der Waals surface area contributed by atoms with Crippen LogP contribution in [0.1, 0.15) is 10.4 Å². The van der Waals surface area contributed by atoms with E-state index >= 15 is 0 Å². The first-order valence-corrected chi connectivity index (χ1v) is 7.54. The van der Waals surface area contributed by atoms with Gasteiger partial charge in [-0.15, -0.1) is 11.3 Å². The van der Waals surface area contributed by atoms with Gasteiger partial charge >= 0.3 is 0 Å². The number of carbonyl (C=O) groups is 1. The number of aromatic nitrogens is 4. The zero-order chi connectivity index (χ0) is 13.9. The number of carbonyl (C=O) groups excluding carboxylic acids is 1. The second kappa shape index (κ2) is 5.67. The fraction of sp³-hybridized carbons (Fsp3) is 0. The van der Waals surface area contributed by atoms with E-state index in [1.165, 1.54) is 17.7 Å². The number of thiophene rings is 1. The van der Waals surface area contributed by atoms with Crippen molar-refractivity contribution in [2.45, 2.75) is 0 Å². The molecule has 6 nitrogen and oxygen atoms in total. The lowest BCUT2D eigenvalue weighted by Gasteiger charge is -2.04. The Labute approximate surface area is 132 Å². The van der Waals surface area contributed by atoms with Crippen LogP contribution in [0.5, 0.6) is 0 Å². The summed E-state index contributed by atoms with van der Waals surface area (Å²) in [5.74, 6) is 0.505. The zero-order valence-corrected chi connectivity index (χ0v) is 13.0. The van der Waals surface area contributed by atoms with E-state index in [1.54, 1.807) is 29.3 Å². The van der Waals surface area contributed by atoms with Crippen LogP contribution < -0.4 is 5.32 Å². The SMILES string of the molecule is O=C(Nc1ccc(-n2cncn2)nc1)c1csc(I)c1. The molecular formula is C12H8IN5OS. The van der Waals surface area contributed by atoms with Crippen molar-refractivity contribution in [1.29, 1.82) is 0 Å². The van der Waals surface area contributed by atoms with Gasteiger partial charge in [0.05, 0.1) is 20.3 Å². The lowest BCUT2D eigenvalue weighted by Crippen LogP contribution is -2.11. The maximum absolute atomic E-state index is 12.0. The largest absolute Gasteiger partial charge is 0.321 e. The molecule has 0 bridgehead atoms. The maximum atomic E-state index is 12.0. The van der Waals surface area contributed by atoms with Gasteiger partial charge in [-0.2, -0.15) is 5.10 Å². The van der Waals surface area contributed by atoms with Crippen LogP contribution in [-0.2, 0) is 0 Å². The molecule has 0 radical (unpaired) electrons. The van der Waals surface area contributed by atoms with Crippen LogP contribution in [-0.4, -0.2) is 25.7 Å². The van der Waals surface area contributed by atoms with E-state index in [0.29, 0.717) is 17.1 Å². The van der Waals surface area contributed by atoms with Crippen LogP contribution in [0, 0.1) is 2.88 Å². The Kier molecular flexibility index (Phi) is 3.74. The quantitative estimate of drug-likeness (QED) is 0.690. The number of pyridine rings is 1. The standard InChI is InChI=1S/C12H8IN5OS/c13-10-3-8(5-20-10)12(19)17-9-1-2-11(15-4-9)18-7-14-6-16-18/h1-7H,(H,17,19). The fourth-order valence-electron chi connectivity index (χ4n) is 1.55. The van der Waals surface area contributed by atoms with Gasteiger partial charge in [0.25, 0.3) is 5.91 Å². The second-order valence-corrected chi connectivity index (χ2v) is 6.64. The van der Waals surface area contributed by atoms with Gasteiger partial charge in [-0.3, -0.25) is 4.79 Å². The summed E-state index contributed by atoms with van der Waals surface area (Å²) >= 11 is 3.72. The van der Waals surface area contributed by atoms with Crippen LogP contribution in [0.25, 0.3) is 5.82 Å². The van der Waals surface area contributed by atoms with Crippen molar-refractivity contribution in [3.05, 3.63) is 50.9 Å². The lowest BCUT2D eigenvalue weighted by atomic mass is 10.3. The molecule has 3 aromatic rings. The predicted molar refractivity (Wildman–Crippen MR) is 84.1 cm³/mol. The molecule has 0 aromatic carbocycles. The fourth-order valence-corrected chi connectivity index (χ4v) is 2.88. The summed E-state index contributed by atoms with van der Waals surface area (Å²) in [4.78, 5) is 20.1. The number of hydrogen-bond donors (Lipinski definition) is 1. The third-order valence-corrected chi connectivity index (χ3v) is 4.28. The summed E-state index contributed by atoms with van der Waals surface area (Å²) in [6.07, 6.45) is 4.59. The Morgan fingerprint density at radius 2 is 2.30 bits per heavy atom. The number of amides is 1. The summed E-state index contributed by atoms with van der Waals surface area (Å²) in [5, 5.41) is 8.61. The summed E-state index contributed by atoms with van der Waals surface area (Å²) in [6.45, 7) is 0. The minimum Gasteiger partial charge on any atom is -0.321 e. The third-order valence-electron chi connectivity index (χ3n) is 2.49. The van der Waals surface area contributed by atoms with Gasteiger partial charge in [0.15, 0.2) is 5.82 Å². The Morgan fingerprint density at radius 1 is 1.40 bits per heavy atom. The first-order valence-electron chi connectivity index (χ1n) is 5.59. The summed E-state index contributed by atoms with van der Waals surface area (Å²) in [6, 6.07) is 5.39. The highest BCUT2D eigenvalue weighted by Crippen LogP contribution is 2.18. The molecule has 0 unspecified atom stereocenters. The van der Waals surface area contributed by atoms with Gasteiger partial charge in [0.1, 0.15) is 12.7 Å². The summed E-state index contributed by atoms with van der Waals surface area (Å²) in [5.41, 5.74) is 1.29. The molecule has 20 heavy (non-hydrogen) atoms. The van der Waals surface area contributed by atoms with Gasteiger partial charge < -0.3 is 5.32 Å². The Morgan fingerprint density at radius 3 is 2.90 bits per heavy atom. The van der Waals surface area contributed by atoms with Crippen LogP contribution in [0.4, 0.5) is 5.69 Å². The maximum Gasteiger partial charge on any atom is 0.256 e. The molecule has 1 amide bonds. The van der Waals surface area contributed by atoms with E-state index in [9.17, 15) is 4.79 Å². The van der Waals surface area contributed by atoms with E-state index in [4.69, 9.17) is 0 Å². The molecule has 0 aliphatic carbocycles. The highest BCUT2D eigenvalue weighted by molar-refractivity contribution is 14.1. The molecule has 0 aliphatic heterocycles. The highest BCUT2D eigenvalue weighted by atomic mass is 127. The first kappa shape index (κ1) is 13.2. The number of nitrogens with one attached hydrogen (secondary N) is 1. The second-order valence-electron chi connectivity index (χ2n) is 3.84. The van der Waals surface area contributed by atoms with Crippen molar-refractivity contribution in [1.82, 2.24) is 19.7 Å². The van der Waals surface area contributed by atoms with Crippen molar-refractivity contribution < 1.29 is 4.79 Å².